The first-order valence-electron chi connectivity index (χ1n) is 8.22. The van der Waals surface area contributed by atoms with Crippen LogP contribution in [0.5, 0.6) is 0 Å². The van der Waals surface area contributed by atoms with Gasteiger partial charge in [0.2, 0.25) is 4.77 Å². The van der Waals surface area contributed by atoms with Crippen LogP contribution >= 0.6 is 23.6 Å². The van der Waals surface area contributed by atoms with Crippen LogP contribution in [0.15, 0.2) is 17.5 Å². The Balaban J connectivity index is 1.72. The zero-order chi connectivity index (χ0) is 15.4. The number of hydrogen-bond donors (Lipinski definition) is 1. The van der Waals surface area contributed by atoms with Crippen LogP contribution in [0, 0.1) is 4.77 Å². The third-order valence-corrected chi connectivity index (χ3v) is 5.84. The summed E-state index contributed by atoms with van der Waals surface area (Å²) in [6, 6.07) is 4.26. The number of quaternary nitrogens is 1. The molecule has 2 aromatic heterocycles. The van der Waals surface area contributed by atoms with Crippen LogP contribution in [-0.2, 0) is 20.1 Å². The zero-order valence-corrected chi connectivity index (χ0v) is 14.9. The second-order valence-electron chi connectivity index (χ2n) is 6.19. The minimum absolute atomic E-state index is 0.848. The Morgan fingerprint density at radius 2 is 1.95 bits per heavy atom. The fourth-order valence-electron chi connectivity index (χ4n) is 3.13. The molecule has 0 spiro atoms. The van der Waals surface area contributed by atoms with Crippen molar-refractivity contribution in [3.8, 4) is 0 Å². The van der Waals surface area contributed by atoms with Gasteiger partial charge in [-0.1, -0.05) is 12.5 Å². The van der Waals surface area contributed by atoms with Crippen molar-refractivity contribution in [3.05, 3.63) is 33.0 Å². The molecule has 4 nitrogen and oxygen atoms in total. The lowest BCUT2D eigenvalue weighted by Crippen LogP contribution is -3.11. The van der Waals surface area contributed by atoms with Gasteiger partial charge >= 0.3 is 0 Å². The predicted molar refractivity (Wildman–Crippen MR) is 92.9 cm³/mol. The molecule has 0 atom stereocenters. The highest BCUT2D eigenvalue weighted by atomic mass is 32.1. The van der Waals surface area contributed by atoms with Crippen molar-refractivity contribution in [2.24, 2.45) is 7.05 Å². The first kappa shape index (κ1) is 15.9. The van der Waals surface area contributed by atoms with E-state index in [1.165, 1.54) is 50.1 Å². The van der Waals surface area contributed by atoms with Gasteiger partial charge in [-0.2, -0.15) is 9.78 Å². The maximum atomic E-state index is 5.59. The average Bonchev–Trinajstić information content (AvgIpc) is 3.07. The molecule has 1 aliphatic heterocycles. The van der Waals surface area contributed by atoms with Crippen LogP contribution in [0.2, 0.25) is 0 Å². The Kier molecular flexibility index (Phi) is 5.44. The summed E-state index contributed by atoms with van der Waals surface area (Å²) in [5.41, 5.74) is 0. The van der Waals surface area contributed by atoms with Crippen LogP contribution < -0.4 is 4.90 Å². The fraction of sp³-hybridized carbons (Fsp3) is 0.625. The molecule has 1 saturated heterocycles. The van der Waals surface area contributed by atoms with Crippen molar-refractivity contribution in [1.29, 1.82) is 0 Å². The maximum absolute atomic E-state index is 5.59. The van der Waals surface area contributed by atoms with Crippen LogP contribution in [0.1, 0.15) is 42.8 Å². The van der Waals surface area contributed by atoms with E-state index in [-0.39, 0.29) is 0 Å². The molecule has 6 heteroatoms. The van der Waals surface area contributed by atoms with Crippen LogP contribution in [0.4, 0.5) is 0 Å². The zero-order valence-electron chi connectivity index (χ0n) is 13.3. The number of aromatic nitrogens is 3. The summed E-state index contributed by atoms with van der Waals surface area (Å²) in [5, 5.41) is 6.91. The Hall–Kier alpha value is -0.980. The second kappa shape index (κ2) is 7.53. The molecular weight excluding hydrogens is 312 g/mol. The van der Waals surface area contributed by atoms with Crippen molar-refractivity contribution in [1.82, 2.24) is 14.3 Å². The molecule has 1 N–H and O–H groups in total. The summed E-state index contributed by atoms with van der Waals surface area (Å²) < 4.78 is 4.95. The average molecular weight is 338 g/mol. The molecule has 0 aromatic carbocycles. The second-order valence-corrected chi connectivity index (χ2v) is 7.59. The number of rotatable bonds is 4. The fourth-order valence-corrected chi connectivity index (χ4v) is 4.05. The van der Waals surface area contributed by atoms with E-state index in [4.69, 9.17) is 17.3 Å². The van der Waals surface area contributed by atoms with E-state index in [1.807, 2.05) is 11.7 Å². The lowest BCUT2D eigenvalue weighted by atomic mass is 10.1. The maximum Gasteiger partial charge on any atom is 0.202 e. The van der Waals surface area contributed by atoms with E-state index in [2.05, 4.69) is 22.1 Å². The smallest absolute Gasteiger partial charge is 0.202 e. The summed E-state index contributed by atoms with van der Waals surface area (Å²) >= 11 is 7.37. The summed E-state index contributed by atoms with van der Waals surface area (Å²) in [5.74, 6) is 1.07. The largest absolute Gasteiger partial charge is 0.316 e. The highest BCUT2D eigenvalue weighted by molar-refractivity contribution is 7.71. The summed E-state index contributed by atoms with van der Waals surface area (Å²) in [6.07, 6.45) is 7.69. The standard InChI is InChI=1S/C16H24N4S2/c1-18-15(12-14-8-7-11-22-14)17-20(16(18)21)13-19-9-5-3-2-4-6-10-19/h7-8,11H,2-6,9-10,12-13H2,1H3/p+1. The topological polar surface area (TPSA) is 27.2 Å². The van der Waals surface area contributed by atoms with Gasteiger partial charge in [0.15, 0.2) is 6.67 Å². The van der Waals surface area contributed by atoms with Gasteiger partial charge in [0.1, 0.15) is 5.82 Å². The van der Waals surface area contributed by atoms with Crippen molar-refractivity contribution in [3.63, 3.8) is 0 Å². The molecule has 0 amide bonds. The SMILES string of the molecule is Cn1c(Cc2cccs2)nn(C[NH+]2CCCCCCC2)c1=S. The quantitative estimate of drug-likeness (QED) is 0.868. The van der Waals surface area contributed by atoms with E-state index < -0.39 is 0 Å². The molecule has 3 rings (SSSR count). The third kappa shape index (κ3) is 3.86. The van der Waals surface area contributed by atoms with Crippen molar-refractivity contribution >= 4 is 23.6 Å². The van der Waals surface area contributed by atoms with Crippen molar-refractivity contribution < 1.29 is 4.90 Å². The molecule has 1 fully saturated rings. The van der Waals surface area contributed by atoms with Gasteiger partial charge < -0.3 is 9.47 Å². The number of nitrogens with one attached hydrogen (secondary N) is 1. The Bertz CT molecular complexity index is 634. The van der Waals surface area contributed by atoms with Crippen molar-refractivity contribution in [2.75, 3.05) is 13.1 Å². The molecule has 3 heterocycles. The molecular formula is C16H25N4S2+. The summed E-state index contributed by atoms with van der Waals surface area (Å²) in [7, 11) is 2.04. The highest BCUT2D eigenvalue weighted by Gasteiger charge is 2.15. The number of thiophene rings is 1. The minimum Gasteiger partial charge on any atom is -0.316 e. The van der Waals surface area contributed by atoms with Gasteiger partial charge in [0.05, 0.1) is 13.1 Å². The third-order valence-electron chi connectivity index (χ3n) is 4.48. The van der Waals surface area contributed by atoms with Gasteiger partial charge in [-0.05, 0) is 49.3 Å². The van der Waals surface area contributed by atoms with Crippen molar-refractivity contribution in [2.45, 2.75) is 45.2 Å². The number of likely N-dealkylation sites (tertiary alicyclic amines) is 1. The molecule has 2 aromatic rings. The van der Waals surface area contributed by atoms with E-state index >= 15 is 0 Å². The summed E-state index contributed by atoms with van der Waals surface area (Å²) in [4.78, 5) is 2.96. The molecule has 0 unspecified atom stereocenters. The highest BCUT2D eigenvalue weighted by Crippen LogP contribution is 2.13. The normalized spacial score (nSPS) is 17.3. The molecule has 0 aliphatic carbocycles. The lowest BCUT2D eigenvalue weighted by Gasteiger charge is -2.21. The van der Waals surface area contributed by atoms with E-state index in [9.17, 15) is 0 Å². The van der Waals surface area contributed by atoms with Gasteiger partial charge in [-0.25, -0.2) is 0 Å². The molecule has 0 saturated carbocycles. The Labute approximate surface area is 141 Å². The van der Waals surface area contributed by atoms with Gasteiger partial charge in [0.25, 0.3) is 0 Å². The van der Waals surface area contributed by atoms with Crippen LogP contribution in [0.25, 0.3) is 0 Å². The predicted octanol–water partition coefficient (Wildman–Crippen LogP) is 2.41. The number of hydrogen-bond acceptors (Lipinski definition) is 3. The van der Waals surface area contributed by atoms with Crippen LogP contribution in [-0.4, -0.2) is 27.4 Å². The molecule has 0 radical (unpaired) electrons. The minimum atomic E-state index is 0.848. The molecule has 0 bridgehead atoms. The lowest BCUT2D eigenvalue weighted by molar-refractivity contribution is -0.924. The van der Waals surface area contributed by atoms with Crippen LogP contribution in [0.3, 0.4) is 0 Å². The Morgan fingerprint density at radius 1 is 1.23 bits per heavy atom. The van der Waals surface area contributed by atoms with E-state index in [0.717, 1.165) is 23.7 Å². The van der Waals surface area contributed by atoms with E-state index in [0.29, 0.717) is 0 Å². The monoisotopic (exact) mass is 337 g/mol. The summed E-state index contributed by atoms with van der Waals surface area (Å²) in [6.45, 7) is 3.41. The molecule has 120 valence electrons. The number of nitrogens with zero attached hydrogens (tertiary/aromatic N) is 3. The van der Waals surface area contributed by atoms with Gasteiger partial charge in [-0.15, -0.1) is 11.3 Å². The van der Waals surface area contributed by atoms with E-state index in [1.54, 1.807) is 16.2 Å². The molecule has 22 heavy (non-hydrogen) atoms. The first-order chi connectivity index (χ1) is 10.7. The first-order valence-corrected chi connectivity index (χ1v) is 9.51. The Morgan fingerprint density at radius 3 is 2.64 bits per heavy atom. The molecule has 1 aliphatic rings. The van der Waals surface area contributed by atoms with Gasteiger partial charge in [0, 0.05) is 18.3 Å². The van der Waals surface area contributed by atoms with Gasteiger partial charge in [-0.3, -0.25) is 0 Å².